The van der Waals surface area contributed by atoms with Crippen LogP contribution in [0, 0.1) is 5.92 Å². The third kappa shape index (κ3) is 4.09. The maximum absolute atomic E-state index is 15.2. The first kappa shape index (κ1) is 23.8. The largest absolute Gasteiger partial charge is 0.441 e. The van der Waals surface area contributed by atoms with Gasteiger partial charge in [0.15, 0.2) is 18.1 Å². The smallest absolute Gasteiger partial charge is 0.408 e. The molecule has 0 unspecified atom stereocenters. The number of nitrogens with zero attached hydrogens (tertiary/aromatic N) is 7. The summed E-state index contributed by atoms with van der Waals surface area (Å²) in [5.41, 5.74) is 2.01. The fraction of sp³-hybridized carbons (Fsp3) is 0.500. The Bertz CT molecular complexity index is 1530. The van der Waals surface area contributed by atoms with Crippen molar-refractivity contribution in [2.45, 2.75) is 55.8 Å². The molecule has 0 spiro atoms. The van der Waals surface area contributed by atoms with Crippen molar-refractivity contribution in [2.24, 2.45) is 5.92 Å². The van der Waals surface area contributed by atoms with E-state index in [1.807, 2.05) is 33.6 Å². The number of carbonyl (C=O) groups is 1. The number of alkyl carbamates (subject to hydrolysis) is 1. The summed E-state index contributed by atoms with van der Waals surface area (Å²) in [5.74, 6) is 1.71. The number of H-pyrrole nitrogens is 1. The molecule has 4 aromatic rings. The first-order valence-electron chi connectivity index (χ1n) is 13.6. The molecule has 5 aliphatic rings. The van der Waals surface area contributed by atoms with Crippen LogP contribution >= 0.6 is 0 Å². The van der Waals surface area contributed by atoms with Crippen molar-refractivity contribution >= 4 is 23.5 Å². The number of alkyl halides is 1. The summed E-state index contributed by atoms with van der Waals surface area (Å²) in [6, 6.07) is 5.85. The number of fused-ring (bicyclic) bond motifs is 1. The second-order valence-corrected chi connectivity index (χ2v) is 11.4. The summed E-state index contributed by atoms with van der Waals surface area (Å²) in [5, 5.41) is 17.5. The van der Waals surface area contributed by atoms with E-state index >= 15 is 4.39 Å². The van der Waals surface area contributed by atoms with Crippen molar-refractivity contribution in [3.05, 3.63) is 54.4 Å². The zero-order chi connectivity index (χ0) is 26.8. The summed E-state index contributed by atoms with van der Waals surface area (Å²) in [7, 11) is 0. The van der Waals surface area contributed by atoms with Crippen LogP contribution in [-0.4, -0.2) is 82.9 Å². The summed E-state index contributed by atoms with van der Waals surface area (Å²) >= 11 is 0. The van der Waals surface area contributed by atoms with E-state index in [9.17, 15) is 4.79 Å². The standard InChI is InChI=1S/C26H29FN10O3/c27-22-19(40-25(38)32-26-7-15(8-26)9-26)14-39-23(22)18-6-20(34-33-18)31-24-28-4-2-21-30-16(11-36(21)24)10-35-12-17(13-35)37-5-1-3-29-37/h1-6,11,15,17,19,22-23H,7-10,12-14H2,(H,32,38)(H2,28,31,33,34)/t15?,19-,22-,23-,26?/m0/s1. The number of imidazole rings is 1. The number of rotatable bonds is 8. The van der Waals surface area contributed by atoms with Gasteiger partial charge in [0.25, 0.3) is 0 Å². The average Bonchev–Trinajstić information content (AvgIpc) is 3.66. The van der Waals surface area contributed by atoms with E-state index in [1.165, 1.54) is 0 Å². The molecule has 13 nitrogen and oxygen atoms in total. The number of carbonyl (C=O) groups excluding carboxylic acids is 1. The number of hydrogen-bond donors (Lipinski definition) is 3. The Hall–Kier alpha value is -4.04. The van der Waals surface area contributed by atoms with Gasteiger partial charge < -0.3 is 20.1 Å². The van der Waals surface area contributed by atoms with E-state index in [0.29, 0.717) is 23.5 Å². The monoisotopic (exact) mass is 548 g/mol. The van der Waals surface area contributed by atoms with E-state index in [1.54, 1.807) is 18.5 Å². The van der Waals surface area contributed by atoms with Crippen LogP contribution in [-0.2, 0) is 16.0 Å². The minimum Gasteiger partial charge on any atom is -0.441 e. The lowest BCUT2D eigenvalue weighted by molar-refractivity contribution is -0.0528. The van der Waals surface area contributed by atoms with Crippen LogP contribution in [0.25, 0.3) is 5.65 Å². The fourth-order valence-corrected chi connectivity index (χ4v) is 6.32. The van der Waals surface area contributed by atoms with Crippen molar-refractivity contribution in [1.29, 1.82) is 0 Å². The number of ether oxygens (including phenoxy) is 2. The Labute approximate surface area is 228 Å². The lowest BCUT2D eigenvalue weighted by Crippen LogP contribution is -2.68. The number of anilines is 2. The first-order valence-corrected chi connectivity index (χ1v) is 13.6. The topological polar surface area (TPSA) is 140 Å². The van der Waals surface area contributed by atoms with Crippen molar-refractivity contribution in [1.82, 2.24) is 44.6 Å². The van der Waals surface area contributed by atoms with Gasteiger partial charge in [-0.15, -0.1) is 0 Å². The van der Waals surface area contributed by atoms with Gasteiger partial charge in [0.05, 0.1) is 24.0 Å². The molecule has 208 valence electrons. The number of hydrogen-bond acceptors (Lipinski definition) is 9. The van der Waals surface area contributed by atoms with E-state index in [4.69, 9.17) is 14.5 Å². The number of aromatic amines is 1. The van der Waals surface area contributed by atoms with Crippen LogP contribution in [0.4, 0.5) is 21.0 Å². The first-order chi connectivity index (χ1) is 19.5. The molecule has 3 atom stereocenters. The van der Waals surface area contributed by atoms with Crippen LogP contribution in [0.15, 0.2) is 43.0 Å². The predicted octanol–water partition coefficient (Wildman–Crippen LogP) is 2.51. The highest BCUT2D eigenvalue weighted by Crippen LogP contribution is 2.57. The summed E-state index contributed by atoms with van der Waals surface area (Å²) in [6.07, 6.45) is 6.42. The molecule has 0 radical (unpaired) electrons. The lowest BCUT2D eigenvalue weighted by atomic mass is 9.50. The van der Waals surface area contributed by atoms with Gasteiger partial charge in [0.2, 0.25) is 5.95 Å². The Morgan fingerprint density at radius 1 is 1.27 bits per heavy atom. The number of halogens is 1. The fourth-order valence-electron chi connectivity index (χ4n) is 6.32. The van der Waals surface area contributed by atoms with Gasteiger partial charge in [0, 0.05) is 56.0 Å². The summed E-state index contributed by atoms with van der Waals surface area (Å²) in [4.78, 5) is 23.8. The van der Waals surface area contributed by atoms with E-state index in [0.717, 1.165) is 56.2 Å². The van der Waals surface area contributed by atoms with Gasteiger partial charge in [0.1, 0.15) is 11.8 Å². The zero-order valence-electron chi connectivity index (χ0n) is 21.6. The van der Waals surface area contributed by atoms with Gasteiger partial charge in [-0.1, -0.05) is 0 Å². The second-order valence-electron chi connectivity index (χ2n) is 11.4. The highest BCUT2D eigenvalue weighted by Gasteiger charge is 2.58. The second kappa shape index (κ2) is 8.99. The van der Waals surface area contributed by atoms with E-state index < -0.39 is 24.5 Å². The molecule has 40 heavy (non-hydrogen) atoms. The summed E-state index contributed by atoms with van der Waals surface area (Å²) < 4.78 is 30.1. The van der Waals surface area contributed by atoms with Gasteiger partial charge in [-0.3, -0.25) is 19.1 Å². The maximum atomic E-state index is 15.2. The molecule has 0 aromatic carbocycles. The van der Waals surface area contributed by atoms with E-state index in [-0.39, 0.29) is 12.1 Å². The molecule has 2 bridgehead atoms. The van der Waals surface area contributed by atoms with Gasteiger partial charge in [-0.05, 0) is 37.3 Å². The molecule has 2 aliphatic heterocycles. The number of amides is 1. The molecule has 3 aliphatic carbocycles. The zero-order valence-corrected chi connectivity index (χ0v) is 21.6. The normalized spacial score (nSPS) is 29.5. The molecule has 9 rings (SSSR count). The van der Waals surface area contributed by atoms with Crippen LogP contribution in [0.2, 0.25) is 0 Å². The molecule has 14 heteroatoms. The molecule has 1 amide bonds. The molecule has 5 fully saturated rings. The van der Waals surface area contributed by atoms with Crippen molar-refractivity contribution in [2.75, 3.05) is 25.0 Å². The van der Waals surface area contributed by atoms with Crippen molar-refractivity contribution in [3.8, 4) is 0 Å². The predicted molar refractivity (Wildman–Crippen MR) is 138 cm³/mol. The Morgan fingerprint density at radius 3 is 2.92 bits per heavy atom. The SMILES string of the molecule is O=C(NC12CC(C1)C2)O[C@H]1CO[C@@H](c2cc(Nc3nccc4nc(CN5CC(n6cccn6)C5)cn34)n[nH]2)[C@H]1F. The molecule has 3 N–H and O–H groups in total. The lowest BCUT2D eigenvalue weighted by Gasteiger charge is -2.61. The maximum Gasteiger partial charge on any atom is 0.408 e. The molecule has 3 saturated carbocycles. The van der Waals surface area contributed by atoms with Crippen molar-refractivity contribution in [3.63, 3.8) is 0 Å². The van der Waals surface area contributed by atoms with Gasteiger partial charge >= 0.3 is 6.09 Å². The van der Waals surface area contributed by atoms with E-state index in [2.05, 4.69) is 35.8 Å². The van der Waals surface area contributed by atoms with Gasteiger partial charge in [-0.25, -0.2) is 19.2 Å². The van der Waals surface area contributed by atoms with Crippen LogP contribution in [0.5, 0.6) is 0 Å². The Kier molecular flexibility index (Phi) is 5.35. The average molecular weight is 549 g/mol. The Morgan fingerprint density at radius 2 is 2.15 bits per heavy atom. The van der Waals surface area contributed by atoms with Crippen LogP contribution in [0.1, 0.15) is 42.8 Å². The minimum absolute atomic E-state index is 0.0188. The molecule has 4 aromatic heterocycles. The minimum atomic E-state index is -1.51. The molecule has 6 heterocycles. The third-order valence-electron chi connectivity index (χ3n) is 8.55. The van der Waals surface area contributed by atoms with Crippen LogP contribution < -0.4 is 10.6 Å². The van der Waals surface area contributed by atoms with Gasteiger partial charge in [-0.2, -0.15) is 10.2 Å². The third-order valence-corrected chi connectivity index (χ3v) is 8.55. The highest BCUT2D eigenvalue weighted by atomic mass is 19.1. The molecule has 2 saturated heterocycles. The molecular weight excluding hydrogens is 519 g/mol. The quantitative estimate of drug-likeness (QED) is 0.303. The van der Waals surface area contributed by atoms with Crippen LogP contribution in [0.3, 0.4) is 0 Å². The van der Waals surface area contributed by atoms with Crippen molar-refractivity contribution < 1.29 is 18.7 Å². The summed E-state index contributed by atoms with van der Waals surface area (Å²) in [6.45, 7) is 2.55. The highest BCUT2D eigenvalue weighted by molar-refractivity contribution is 5.69. The molecular formula is C26H29FN10O3. The Balaban J connectivity index is 0.897. The number of nitrogens with one attached hydrogen (secondary N) is 3. The number of likely N-dealkylation sites (tertiary alicyclic amines) is 1. The number of aromatic nitrogens is 7.